The lowest BCUT2D eigenvalue weighted by atomic mass is 9.39. The first kappa shape index (κ1) is 36.3. The number of aliphatic hydroxyl groups excluding tert-OH is 6. The SMILES string of the molecule is CC1=C(OC2O[C@H](CO)[C@@H](O)[C@H](O)[C@H]2O)C(=O)C[C@@H]2C1=CC[C@@H]1[C@@]2(C)C(=O)C[C@]2(C)C(C(C)(O)C(O)/C=C/C(C)(C)O)[C@H](O)C[C@@]12C. The minimum Gasteiger partial charge on any atom is -0.458 e. The van der Waals surface area contributed by atoms with Gasteiger partial charge in [-0.3, -0.25) is 9.59 Å². The fraction of sp³-hybridized carbons (Fsp3) is 0.771. The summed E-state index contributed by atoms with van der Waals surface area (Å²) < 4.78 is 11.3. The van der Waals surface area contributed by atoms with Gasteiger partial charge in [0.2, 0.25) is 6.29 Å². The molecule has 3 fully saturated rings. The van der Waals surface area contributed by atoms with Gasteiger partial charge in [-0.15, -0.1) is 0 Å². The largest absolute Gasteiger partial charge is 0.458 e. The molecule has 4 unspecified atom stereocenters. The summed E-state index contributed by atoms with van der Waals surface area (Å²) in [7, 11) is 0. The molecule has 0 aromatic rings. The Balaban J connectivity index is 1.49. The second-order valence-corrected chi connectivity index (χ2v) is 16.0. The minimum absolute atomic E-state index is 0.00522. The highest BCUT2D eigenvalue weighted by Crippen LogP contribution is 2.73. The van der Waals surface area contributed by atoms with Gasteiger partial charge in [0.25, 0.3) is 0 Å². The van der Waals surface area contributed by atoms with Crippen molar-refractivity contribution in [1.29, 1.82) is 0 Å². The van der Waals surface area contributed by atoms with Crippen LogP contribution in [-0.2, 0) is 19.1 Å². The minimum atomic E-state index is -1.84. The Bertz CT molecular complexity index is 1370. The summed E-state index contributed by atoms with van der Waals surface area (Å²) >= 11 is 0. The molecule has 0 spiro atoms. The highest BCUT2D eigenvalue weighted by Gasteiger charge is 2.74. The van der Waals surface area contributed by atoms with Crippen LogP contribution >= 0.6 is 0 Å². The first-order valence-electron chi connectivity index (χ1n) is 16.5. The number of ether oxygens (including phenoxy) is 2. The molecule has 0 amide bonds. The lowest BCUT2D eigenvalue weighted by Gasteiger charge is -2.63. The van der Waals surface area contributed by atoms with Crippen LogP contribution < -0.4 is 0 Å². The van der Waals surface area contributed by atoms with E-state index in [1.54, 1.807) is 6.92 Å². The predicted octanol–water partition coefficient (Wildman–Crippen LogP) is 0.424. The third-order valence-corrected chi connectivity index (χ3v) is 12.7. The van der Waals surface area contributed by atoms with E-state index in [1.165, 1.54) is 32.9 Å². The lowest BCUT2D eigenvalue weighted by Crippen LogP contribution is -2.64. The van der Waals surface area contributed by atoms with Gasteiger partial charge in [-0.1, -0.05) is 39.0 Å². The number of carbonyl (C=O) groups excluding carboxylic acids is 2. The van der Waals surface area contributed by atoms with E-state index in [9.17, 15) is 50.4 Å². The van der Waals surface area contributed by atoms with Gasteiger partial charge >= 0.3 is 0 Å². The number of hydrogen-bond donors (Lipinski definition) is 8. The second kappa shape index (κ2) is 11.8. The van der Waals surface area contributed by atoms with Gasteiger partial charge in [0.05, 0.1) is 23.9 Å². The first-order chi connectivity index (χ1) is 21.6. The molecule has 264 valence electrons. The Morgan fingerprint density at radius 3 is 2.28 bits per heavy atom. The van der Waals surface area contributed by atoms with Crippen molar-refractivity contribution in [1.82, 2.24) is 0 Å². The summed E-state index contributed by atoms with van der Waals surface area (Å²) in [6.07, 6.45) is -4.84. The lowest BCUT2D eigenvalue weighted by molar-refractivity contribution is -0.291. The zero-order valence-electron chi connectivity index (χ0n) is 28.3. The van der Waals surface area contributed by atoms with Crippen molar-refractivity contribution in [3.8, 4) is 0 Å². The molecule has 5 aliphatic rings. The molecule has 0 bridgehead atoms. The molecule has 8 N–H and O–H groups in total. The van der Waals surface area contributed by atoms with Crippen LogP contribution in [0.4, 0.5) is 0 Å². The maximum absolute atomic E-state index is 14.5. The fourth-order valence-electron chi connectivity index (χ4n) is 9.98. The topological polar surface area (TPSA) is 214 Å². The van der Waals surface area contributed by atoms with E-state index >= 15 is 0 Å². The molecule has 4 aliphatic carbocycles. The Morgan fingerprint density at radius 1 is 1.04 bits per heavy atom. The fourth-order valence-corrected chi connectivity index (χ4v) is 9.98. The third-order valence-electron chi connectivity index (χ3n) is 12.7. The van der Waals surface area contributed by atoms with Gasteiger partial charge < -0.3 is 50.3 Å². The number of allylic oxidation sites excluding steroid dienone is 4. The molecule has 1 heterocycles. The maximum Gasteiger partial charge on any atom is 0.229 e. The highest BCUT2D eigenvalue weighted by atomic mass is 16.7. The summed E-state index contributed by atoms with van der Waals surface area (Å²) in [6, 6.07) is 0. The van der Waals surface area contributed by atoms with Gasteiger partial charge in [0.15, 0.2) is 11.5 Å². The second-order valence-electron chi connectivity index (χ2n) is 16.0. The molecule has 2 saturated carbocycles. The van der Waals surface area contributed by atoms with Crippen molar-refractivity contribution in [3.05, 3.63) is 35.1 Å². The number of carbonyl (C=O) groups is 2. The molecular formula is C35H52O12. The molecule has 0 aromatic heterocycles. The first-order valence-corrected chi connectivity index (χ1v) is 16.5. The standard InChI is InChI=1S/C35H52O12/c1-16-17-8-9-22-32(4)13-20(38)29(35(7,45)23(39)10-11-31(2,3)44)33(32,5)14-24(40)34(22,6)18(17)12-19(37)28(16)47-30-27(43)26(42)25(41)21(15-36)46-30/h8,10-11,18,20-23,25-27,29-30,36,38-39,41-45H,9,12-15H2,1-7H3/b11-10+/t18-,20-,21-,22+,23?,25-,26+,27-,29?,30?,32+,33-,34+,35?/m1/s1. The van der Waals surface area contributed by atoms with Crippen molar-refractivity contribution in [3.63, 3.8) is 0 Å². The Labute approximate surface area is 275 Å². The predicted molar refractivity (Wildman–Crippen MR) is 167 cm³/mol. The number of fused-ring (bicyclic) bond motifs is 5. The molecule has 12 nitrogen and oxygen atoms in total. The average Bonchev–Trinajstić information content (AvgIpc) is 3.18. The normalized spacial score (nSPS) is 46.0. The zero-order chi connectivity index (χ0) is 35.2. The van der Waals surface area contributed by atoms with E-state index in [-0.39, 0.29) is 36.7 Å². The molecule has 1 aliphatic heterocycles. The molecular weight excluding hydrogens is 612 g/mol. The molecule has 14 atom stereocenters. The van der Waals surface area contributed by atoms with Crippen molar-refractivity contribution >= 4 is 11.6 Å². The number of ketones is 2. The van der Waals surface area contributed by atoms with Crippen LogP contribution in [0.2, 0.25) is 0 Å². The monoisotopic (exact) mass is 664 g/mol. The van der Waals surface area contributed by atoms with Gasteiger partial charge in [0, 0.05) is 30.1 Å². The summed E-state index contributed by atoms with van der Waals surface area (Å²) in [5.41, 5.74) is -4.48. The molecule has 5 rings (SSSR count). The van der Waals surface area contributed by atoms with E-state index < -0.39 is 94.6 Å². The smallest absolute Gasteiger partial charge is 0.229 e. The van der Waals surface area contributed by atoms with Crippen LogP contribution in [0, 0.1) is 34.0 Å². The molecule has 0 aromatic carbocycles. The van der Waals surface area contributed by atoms with Crippen LogP contribution in [0.3, 0.4) is 0 Å². The average molecular weight is 665 g/mol. The van der Waals surface area contributed by atoms with Gasteiger partial charge in [0.1, 0.15) is 36.3 Å². The van der Waals surface area contributed by atoms with Crippen molar-refractivity contribution in [2.24, 2.45) is 34.0 Å². The van der Waals surface area contributed by atoms with Crippen LogP contribution in [0.15, 0.2) is 35.1 Å². The van der Waals surface area contributed by atoms with Crippen LogP contribution in [0.1, 0.15) is 74.1 Å². The number of Topliss-reactive ketones (excluding diaryl/α,β-unsaturated/α-hetero) is 2. The van der Waals surface area contributed by atoms with Crippen LogP contribution in [0.25, 0.3) is 0 Å². The Hall–Kier alpha value is -2.00. The highest BCUT2D eigenvalue weighted by molar-refractivity contribution is 5.99. The number of aliphatic hydroxyl groups is 8. The van der Waals surface area contributed by atoms with E-state index in [4.69, 9.17) is 9.47 Å². The summed E-state index contributed by atoms with van der Waals surface area (Å²) in [6.45, 7) is 11.4. The summed E-state index contributed by atoms with van der Waals surface area (Å²) in [4.78, 5) is 28.2. The molecule has 0 radical (unpaired) electrons. The summed E-state index contributed by atoms with van der Waals surface area (Å²) in [5, 5.41) is 85.1. The van der Waals surface area contributed by atoms with Crippen LogP contribution in [0.5, 0.6) is 0 Å². The van der Waals surface area contributed by atoms with Gasteiger partial charge in [-0.05, 0) is 68.4 Å². The number of rotatable bonds is 7. The third kappa shape index (κ3) is 5.39. The van der Waals surface area contributed by atoms with Crippen molar-refractivity contribution in [2.75, 3.05) is 6.61 Å². The molecule has 47 heavy (non-hydrogen) atoms. The maximum atomic E-state index is 14.5. The molecule has 1 saturated heterocycles. The number of hydrogen-bond acceptors (Lipinski definition) is 12. The molecule has 12 heteroatoms. The van der Waals surface area contributed by atoms with E-state index in [0.717, 1.165) is 5.57 Å². The van der Waals surface area contributed by atoms with Gasteiger partial charge in [-0.25, -0.2) is 0 Å². The van der Waals surface area contributed by atoms with E-state index in [0.29, 0.717) is 12.0 Å². The van der Waals surface area contributed by atoms with E-state index in [1.807, 2.05) is 26.8 Å². The van der Waals surface area contributed by atoms with Crippen molar-refractivity contribution in [2.45, 2.75) is 128 Å². The summed E-state index contributed by atoms with van der Waals surface area (Å²) in [5.74, 6) is -2.32. The quantitative estimate of drug-likeness (QED) is 0.174. The van der Waals surface area contributed by atoms with Crippen molar-refractivity contribution < 1.29 is 59.9 Å². The Morgan fingerprint density at radius 2 is 1.68 bits per heavy atom. The Kier molecular flexibility index (Phi) is 9.12. The zero-order valence-corrected chi connectivity index (χ0v) is 28.3. The van der Waals surface area contributed by atoms with Crippen LogP contribution in [-0.4, -0.2) is 113 Å². The van der Waals surface area contributed by atoms with Gasteiger partial charge in [-0.2, -0.15) is 0 Å². The van der Waals surface area contributed by atoms with E-state index in [2.05, 4.69) is 0 Å².